The molecule has 1 aliphatic heterocycles. The Kier molecular flexibility index (Phi) is 7.35. The molecule has 0 saturated carbocycles. The molecule has 2 N–H and O–H groups in total. The molecule has 5 rings (SSSR count). The highest BCUT2D eigenvalue weighted by molar-refractivity contribution is 5.96. The van der Waals surface area contributed by atoms with Crippen LogP contribution in [0.3, 0.4) is 0 Å². The number of hydrogen-bond acceptors (Lipinski definition) is 6. The van der Waals surface area contributed by atoms with Gasteiger partial charge in [-0.2, -0.15) is 0 Å². The van der Waals surface area contributed by atoms with Gasteiger partial charge >= 0.3 is 6.09 Å². The maximum atomic E-state index is 13.0. The summed E-state index contributed by atoms with van der Waals surface area (Å²) in [6.45, 7) is 1.28. The molecule has 3 aromatic carbocycles. The third-order valence-electron chi connectivity index (χ3n) is 6.77. The molecule has 0 unspecified atom stereocenters. The first kappa shape index (κ1) is 25.0. The summed E-state index contributed by atoms with van der Waals surface area (Å²) in [4.78, 5) is 38.9. The average Bonchev–Trinajstić information content (AvgIpc) is 3.35. The molecule has 2 heterocycles. The summed E-state index contributed by atoms with van der Waals surface area (Å²) < 4.78 is 9.89. The molecule has 1 fully saturated rings. The largest absolute Gasteiger partial charge is 0.453 e. The Morgan fingerprint density at radius 3 is 2.47 bits per heavy atom. The molecular formula is C29H28N4O5. The number of nitrogens with one attached hydrogen (secondary N) is 2. The standard InChI is InChI=1S/C29H28N4O5/c1-37-29(36)31-23-6-4-5-21(17-23)28(35)33-15-13-20(14-16-33)19-9-11-22(12-10-19)30-27(34)18-25-24-7-2-3-8-26(24)38-32-25/h2-12,17,20H,13-16,18H2,1H3,(H,30,34)(H,31,36). The maximum absolute atomic E-state index is 13.0. The Bertz CT molecular complexity index is 1460. The maximum Gasteiger partial charge on any atom is 0.411 e. The van der Waals surface area contributed by atoms with E-state index < -0.39 is 6.09 Å². The van der Waals surface area contributed by atoms with Crippen molar-refractivity contribution in [3.63, 3.8) is 0 Å². The molecule has 3 amide bonds. The molecule has 38 heavy (non-hydrogen) atoms. The fourth-order valence-electron chi connectivity index (χ4n) is 4.76. The van der Waals surface area contributed by atoms with Crippen LogP contribution in [-0.2, 0) is 16.0 Å². The first-order valence-corrected chi connectivity index (χ1v) is 12.5. The average molecular weight is 513 g/mol. The first-order valence-electron chi connectivity index (χ1n) is 12.5. The van der Waals surface area contributed by atoms with E-state index in [1.54, 1.807) is 24.3 Å². The minimum absolute atomic E-state index is 0.0603. The lowest BCUT2D eigenvalue weighted by atomic mass is 9.89. The summed E-state index contributed by atoms with van der Waals surface area (Å²) in [7, 11) is 1.29. The lowest BCUT2D eigenvalue weighted by Crippen LogP contribution is -2.37. The number of ether oxygens (including phenoxy) is 1. The summed E-state index contributed by atoms with van der Waals surface area (Å²) in [5.41, 5.74) is 4.22. The number of anilines is 2. The molecule has 1 aromatic heterocycles. The SMILES string of the molecule is COC(=O)Nc1cccc(C(=O)N2CCC(c3ccc(NC(=O)Cc4noc5ccccc45)cc3)CC2)c1. The van der Waals surface area contributed by atoms with Crippen LogP contribution in [0.4, 0.5) is 16.2 Å². The smallest absolute Gasteiger partial charge is 0.411 e. The van der Waals surface area contributed by atoms with Crippen molar-refractivity contribution in [1.82, 2.24) is 10.1 Å². The van der Waals surface area contributed by atoms with Crippen molar-refractivity contribution < 1.29 is 23.6 Å². The van der Waals surface area contributed by atoms with Gasteiger partial charge in [-0.1, -0.05) is 35.5 Å². The van der Waals surface area contributed by atoms with Crippen LogP contribution < -0.4 is 10.6 Å². The number of nitrogens with zero attached hydrogens (tertiary/aromatic N) is 2. The second kappa shape index (κ2) is 11.2. The van der Waals surface area contributed by atoms with Crippen molar-refractivity contribution in [3.05, 3.63) is 89.6 Å². The van der Waals surface area contributed by atoms with Gasteiger partial charge in [-0.25, -0.2) is 4.79 Å². The third-order valence-corrected chi connectivity index (χ3v) is 6.77. The van der Waals surface area contributed by atoms with E-state index in [1.165, 1.54) is 12.7 Å². The lowest BCUT2D eigenvalue weighted by Gasteiger charge is -2.32. The molecule has 0 atom stereocenters. The molecule has 0 aliphatic carbocycles. The lowest BCUT2D eigenvalue weighted by molar-refractivity contribution is -0.115. The number of likely N-dealkylation sites (tertiary alicyclic amines) is 1. The number of rotatable bonds is 6. The summed E-state index contributed by atoms with van der Waals surface area (Å²) in [6.07, 6.45) is 1.24. The number of aromatic nitrogens is 1. The van der Waals surface area contributed by atoms with Crippen molar-refractivity contribution in [1.29, 1.82) is 0 Å². The predicted molar refractivity (Wildman–Crippen MR) is 143 cm³/mol. The highest BCUT2D eigenvalue weighted by Gasteiger charge is 2.25. The molecule has 194 valence electrons. The van der Waals surface area contributed by atoms with Gasteiger partial charge in [-0.3, -0.25) is 14.9 Å². The number of amides is 3. The van der Waals surface area contributed by atoms with Crippen LogP contribution in [0.15, 0.2) is 77.3 Å². The molecule has 0 bridgehead atoms. The molecule has 9 nitrogen and oxygen atoms in total. The number of piperidine rings is 1. The zero-order chi connectivity index (χ0) is 26.5. The van der Waals surface area contributed by atoms with E-state index in [4.69, 9.17) is 4.52 Å². The molecule has 0 radical (unpaired) electrons. The molecule has 1 saturated heterocycles. The van der Waals surface area contributed by atoms with Crippen LogP contribution in [0.1, 0.15) is 40.4 Å². The predicted octanol–water partition coefficient (Wildman–Crippen LogP) is 5.21. The Balaban J connectivity index is 1.14. The topological polar surface area (TPSA) is 114 Å². The van der Waals surface area contributed by atoms with Gasteiger partial charge in [0, 0.05) is 35.4 Å². The van der Waals surface area contributed by atoms with Crippen LogP contribution in [-0.4, -0.2) is 48.2 Å². The Hall–Kier alpha value is -4.66. The van der Waals surface area contributed by atoms with Gasteiger partial charge in [-0.15, -0.1) is 0 Å². The highest BCUT2D eigenvalue weighted by Crippen LogP contribution is 2.30. The van der Waals surface area contributed by atoms with Crippen LogP contribution in [0, 0.1) is 0 Å². The summed E-state index contributed by atoms with van der Waals surface area (Å²) in [6, 6.07) is 22.2. The van der Waals surface area contributed by atoms with Crippen molar-refractivity contribution >= 4 is 40.3 Å². The van der Waals surface area contributed by atoms with Gasteiger partial charge in [-0.05, 0) is 66.8 Å². The second-order valence-corrected chi connectivity index (χ2v) is 9.24. The Labute approximate surface area is 219 Å². The highest BCUT2D eigenvalue weighted by atomic mass is 16.5. The number of para-hydroxylation sites is 1. The van der Waals surface area contributed by atoms with E-state index in [0.29, 0.717) is 41.5 Å². The summed E-state index contributed by atoms with van der Waals surface area (Å²) in [5.74, 6) is 0.113. The Morgan fingerprint density at radius 1 is 0.947 bits per heavy atom. The molecule has 1 aliphatic rings. The van der Waals surface area contributed by atoms with Crippen molar-refractivity contribution in [3.8, 4) is 0 Å². The van der Waals surface area contributed by atoms with E-state index >= 15 is 0 Å². The molecule has 4 aromatic rings. The zero-order valence-electron chi connectivity index (χ0n) is 21.0. The van der Waals surface area contributed by atoms with E-state index in [-0.39, 0.29) is 18.2 Å². The zero-order valence-corrected chi connectivity index (χ0v) is 21.0. The molecule has 9 heteroatoms. The van der Waals surface area contributed by atoms with Gasteiger partial charge in [0.05, 0.1) is 13.5 Å². The number of carbonyl (C=O) groups is 3. The van der Waals surface area contributed by atoms with Crippen LogP contribution in [0.25, 0.3) is 11.0 Å². The van der Waals surface area contributed by atoms with Crippen molar-refractivity contribution in [2.24, 2.45) is 0 Å². The van der Waals surface area contributed by atoms with E-state index in [9.17, 15) is 14.4 Å². The van der Waals surface area contributed by atoms with Gasteiger partial charge in [0.15, 0.2) is 5.58 Å². The minimum Gasteiger partial charge on any atom is -0.453 e. The minimum atomic E-state index is -0.579. The van der Waals surface area contributed by atoms with Crippen LogP contribution in [0.2, 0.25) is 0 Å². The van der Waals surface area contributed by atoms with E-state index in [0.717, 1.165) is 23.9 Å². The Morgan fingerprint density at radius 2 is 1.71 bits per heavy atom. The number of fused-ring (bicyclic) bond motifs is 1. The number of methoxy groups -OCH3 is 1. The van der Waals surface area contributed by atoms with Crippen molar-refractivity contribution in [2.75, 3.05) is 30.8 Å². The van der Waals surface area contributed by atoms with Crippen LogP contribution >= 0.6 is 0 Å². The van der Waals surface area contributed by atoms with Crippen LogP contribution in [0.5, 0.6) is 0 Å². The normalized spacial score (nSPS) is 13.8. The molecular weight excluding hydrogens is 484 g/mol. The number of hydrogen-bond donors (Lipinski definition) is 2. The second-order valence-electron chi connectivity index (χ2n) is 9.24. The molecule has 0 spiro atoms. The van der Waals surface area contributed by atoms with Gasteiger partial charge in [0.1, 0.15) is 5.69 Å². The monoisotopic (exact) mass is 512 g/mol. The fourth-order valence-corrected chi connectivity index (χ4v) is 4.76. The van der Waals surface area contributed by atoms with Crippen molar-refractivity contribution in [2.45, 2.75) is 25.2 Å². The van der Waals surface area contributed by atoms with Gasteiger partial charge in [0.25, 0.3) is 5.91 Å². The van der Waals surface area contributed by atoms with Gasteiger partial charge < -0.3 is 19.5 Å². The quantitative estimate of drug-likeness (QED) is 0.367. The third kappa shape index (κ3) is 5.67. The summed E-state index contributed by atoms with van der Waals surface area (Å²) in [5, 5.41) is 10.4. The summed E-state index contributed by atoms with van der Waals surface area (Å²) >= 11 is 0. The van der Waals surface area contributed by atoms with Gasteiger partial charge in [0.2, 0.25) is 5.91 Å². The first-order chi connectivity index (χ1) is 18.5. The van der Waals surface area contributed by atoms with E-state index in [1.807, 2.05) is 53.4 Å². The van der Waals surface area contributed by atoms with E-state index in [2.05, 4.69) is 20.5 Å². The number of benzene rings is 3. The number of carbonyl (C=O) groups excluding carboxylic acids is 3. The fraction of sp³-hybridized carbons (Fsp3) is 0.241.